The molecule has 0 aliphatic rings. The summed E-state index contributed by atoms with van der Waals surface area (Å²) >= 11 is 0. The maximum atomic E-state index is 14.5. The van der Waals surface area contributed by atoms with Crippen molar-refractivity contribution in [2.75, 3.05) is 17.2 Å². The highest BCUT2D eigenvalue weighted by Crippen LogP contribution is 2.27. The van der Waals surface area contributed by atoms with Crippen molar-refractivity contribution < 1.29 is 27.6 Å². The van der Waals surface area contributed by atoms with Gasteiger partial charge in [-0.1, -0.05) is 17.3 Å². The van der Waals surface area contributed by atoms with Crippen LogP contribution in [0.1, 0.15) is 43.3 Å². The van der Waals surface area contributed by atoms with E-state index in [1.54, 1.807) is 45.0 Å². The molecule has 41 heavy (non-hydrogen) atoms. The van der Waals surface area contributed by atoms with Crippen LogP contribution in [0, 0.1) is 11.3 Å². The van der Waals surface area contributed by atoms with Gasteiger partial charge in [0.15, 0.2) is 11.4 Å². The minimum absolute atomic E-state index is 0.0916. The maximum absolute atomic E-state index is 14.5. The Bertz CT molecular complexity index is 1590. The van der Waals surface area contributed by atoms with Gasteiger partial charge in [0.25, 0.3) is 0 Å². The van der Waals surface area contributed by atoms with Gasteiger partial charge in [-0.25, -0.2) is 9.78 Å². The predicted molar refractivity (Wildman–Crippen MR) is 145 cm³/mol. The van der Waals surface area contributed by atoms with E-state index in [4.69, 9.17) is 9.26 Å². The van der Waals surface area contributed by atoms with E-state index < -0.39 is 30.1 Å². The molecule has 0 radical (unpaired) electrons. The minimum Gasteiger partial charge on any atom is -0.444 e. The first kappa shape index (κ1) is 28.9. The van der Waals surface area contributed by atoms with Gasteiger partial charge in [-0.3, -0.25) is 15.1 Å². The summed E-state index contributed by atoms with van der Waals surface area (Å²) in [6, 6.07) is 14.1. The van der Waals surface area contributed by atoms with E-state index in [2.05, 4.69) is 31.1 Å². The normalized spacial score (nSPS) is 11.5. The number of carbonyl (C=O) groups excluding carboxylic acids is 2. The van der Waals surface area contributed by atoms with Crippen LogP contribution in [0.4, 0.5) is 25.2 Å². The highest BCUT2D eigenvalue weighted by molar-refractivity contribution is 5.96. The van der Waals surface area contributed by atoms with E-state index in [1.807, 2.05) is 6.07 Å². The number of amides is 2. The predicted octanol–water partition coefficient (Wildman–Crippen LogP) is 4.90. The van der Waals surface area contributed by atoms with Crippen molar-refractivity contribution in [3.63, 3.8) is 0 Å². The zero-order valence-electron chi connectivity index (χ0n) is 22.5. The molecule has 3 heterocycles. The molecule has 0 saturated heterocycles. The number of aromatic nitrogens is 3. The summed E-state index contributed by atoms with van der Waals surface area (Å²) in [7, 11) is 0. The van der Waals surface area contributed by atoms with Gasteiger partial charge < -0.3 is 19.9 Å². The van der Waals surface area contributed by atoms with Crippen LogP contribution in [0.2, 0.25) is 0 Å². The Morgan fingerprint density at radius 1 is 1.12 bits per heavy atom. The fourth-order valence-corrected chi connectivity index (χ4v) is 3.71. The summed E-state index contributed by atoms with van der Waals surface area (Å²) in [4.78, 5) is 32.6. The van der Waals surface area contributed by atoms with E-state index >= 15 is 0 Å². The number of carbonyl (C=O) groups is 2. The molecule has 0 fully saturated rings. The van der Waals surface area contributed by atoms with Crippen molar-refractivity contribution in [1.82, 2.24) is 20.4 Å². The molecule has 4 aromatic rings. The highest BCUT2D eigenvalue weighted by Gasteiger charge is 2.33. The lowest BCUT2D eigenvalue weighted by Crippen LogP contribution is -2.27. The van der Waals surface area contributed by atoms with Gasteiger partial charge in [0.1, 0.15) is 23.2 Å². The third-order valence-electron chi connectivity index (χ3n) is 5.60. The van der Waals surface area contributed by atoms with Gasteiger partial charge >= 0.3 is 12.0 Å². The van der Waals surface area contributed by atoms with Crippen molar-refractivity contribution in [2.24, 2.45) is 0 Å². The van der Waals surface area contributed by atoms with Crippen LogP contribution >= 0.6 is 0 Å². The number of benzene rings is 1. The average molecular weight is 564 g/mol. The number of fused-ring (bicyclic) bond motifs is 1. The lowest BCUT2D eigenvalue weighted by Gasteiger charge is -2.19. The Balaban J connectivity index is 1.36. The molecule has 11 nitrogen and oxygen atoms in total. The van der Waals surface area contributed by atoms with Crippen LogP contribution in [-0.2, 0) is 28.4 Å². The van der Waals surface area contributed by atoms with E-state index in [-0.39, 0.29) is 41.6 Å². The molecular weight excluding hydrogens is 536 g/mol. The summed E-state index contributed by atoms with van der Waals surface area (Å²) in [6.45, 7) is 4.58. The summed E-state index contributed by atoms with van der Waals surface area (Å²) < 4.78 is 39.5. The first-order valence-corrected chi connectivity index (χ1v) is 12.5. The largest absolute Gasteiger partial charge is 0.444 e. The number of anilines is 2. The van der Waals surface area contributed by atoms with Crippen LogP contribution in [-0.4, -0.2) is 39.3 Å². The summed E-state index contributed by atoms with van der Waals surface area (Å²) in [6.07, 6.45) is 0.365. The number of hydrogen-bond acceptors (Lipinski definition) is 9. The molecule has 0 aliphatic heterocycles. The molecule has 3 aromatic heterocycles. The fourth-order valence-electron chi connectivity index (χ4n) is 3.71. The molecular formula is C28H27F2N7O4. The molecule has 0 spiro atoms. The Labute approximate surface area is 233 Å². The number of halogens is 2. The van der Waals surface area contributed by atoms with Gasteiger partial charge in [-0.2, -0.15) is 14.0 Å². The van der Waals surface area contributed by atoms with Gasteiger partial charge in [0.05, 0.1) is 29.6 Å². The Hall–Kier alpha value is -5.12. The standard InChI is InChI=1S/C28H27F2N7O4/c1-27(2,3)40-26(39)36-25-19-9-7-17(12-21(19)41-37-25)15-33-24(38)13-20-18(14-31)8-10-23(35-20)34-16-28(29,30)22-6-4-5-11-32-22/h4-12H,13,15-16H2,1-3H3,(H,33,38)(H,34,35)(H,36,37,39). The first-order chi connectivity index (χ1) is 19.4. The van der Waals surface area contributed by atoms with E-state index in [1.165, 1.54) is 30.5 Å². The molecule has 0 bridgehead atoms. The van der Waals surface area contributed by atoms with Crippen molar-refractivity contribution in [2.45, 2.75) is 45.3 Å². The summed E-state index contributed by atoms with van der Waals surface area (Å²) in [5.41, 5.74) is 0.296. The highest BCUT2D eigenvalue weighted by atomic mass is 19.3. The molecule has 212 valence electrons. The van der Waals surface area contributed by atoms with Crippen LogP contribution in [0.5, 0.6) is 0 Å². The summed E-state index contributed by atoms with van der Waals surface area (Å²) in [5, 5.41) is 21.7. The van der Waals surface area contributed by atoms with Crippen molar-refractivity contribution in [3.05, 3.63) is 77.2 Å². The second-order valence-electron chi connectivity index (χ2n) is 10.0. The number of nitrogens with zero attached hydrogens (tertiary/aromatic N) is 4. The van der Waals surface area contributed by atoms with Crippen molar-refractivity contribution in [3.8, 4) is 6.07 Å². The summed E-state index contributed by atoms with van der Waals surface area (Å²) in [5.74, 6) is -3.40. The fraction of sp³-hybridized carbons (Fsp3) is 0.286. The third kappa shape index (κ3) is 7.72. The topological polar surface area (TPSA) is 155 Å². The minimum atomic E-state index is -3.26. The maximum Gasteiger partial charge on any atom is 0.413 e. The zero-order valence-corrected chi connectivity index (χ0v) is 22.5. The van der Waals surface area contributed by atoms with E-state index in [0.29, 0.717) is 16.5 Å². The number of ether oxygens (including phenoxy) is 1. The Morgan fingerprint density at radius 3 is 2.63 bits per heavy atom. The number of nitriles is 1. The van der Waals surface area contributed by atoms with Gasteiger partial charge in [-0.05, 0) is 62.7 Å². The van der Waals surface area contributed by atoms with Gasteiger partial charge in [0.2, 0.25) is 5.91 Å². The van der Waals surface area contributed by atoms with E-state index in [0.717, 1.165) is 0 Å². The molecule has 0 aliphatic carbocycles. The average Bonchev–Trinajstić information content (AvgIpc) is 3.32. The zero-order chi connectivity index (χ0) is 29.6. The number of nitrogens with one attached hydrogen (secondary N) is 3. The molecule has 0 saturated carbocycles. The number of alkyl halides is 2. The lowest BCUT2D eigenvalue weighted by atomic mass is 10.1. The van der Waals surface area contributed by atoms with E-state index in [9.17, 15) is 23.6 Å². The second-order valence-corrected chi connectivity index (χ2v) is 10.0. The van der Waals surface area contributed by atoms with Crippen LogP contribution in [0.3, 0.4) is 0 Å². The number of hydrogen-bond donors (Lipinski definition) is 3. The molecule has 2 amide bonds. The Morgan fingerprint density at radius 2 is 1.93 bits per heavy atom. The molecule has 0 unspecified atom stereocenters. The number of rotatable bonds is 9. The van der Waals surface area contributed by atoms with Crippen LogP contribution in [0.15, 0.2) is 59.3 Å². The third-order valence-corrected chi connectivity index (χ3v) is 5.60. The molecule has 0 atom stereocenters. The van der Waals surface area contributed by atoms with Crippen molar-refractivity contribution >= 4 is 34.6 Å². The van der Waals surface area contributed by atoms with Gasteiger partial charge in [-0.15, -0.1) is 0 Å². The molecule has 3 N–H and O–H groups in total. The first-order valence-electron chi connectivity index (χ1n) is 12.5. The lowest BCUT2D eigenvalue weighted by molar-refractivity contribution is -0.120. The SMILES string of the molecule is CC(C)(C)OC(=O)Nc1noc2cc(CNC(=O)Cc3nc(NCC(F)(F)c4ccccn4)ccc3C#N)ccc12. The molecule has 1 aromatic carbocycles. The smallest absolute Gasteiger partial charge is 0.413 e. The second kappa shape index (κ2) is 12.0. The van der Waals surface area contributed by atoms with Crippen LogP contribution < -0.4 is 16.0 Å². The monoisotopic (exact) mass is 563 g/mol. The molecule has 4 rings (SSSR count). The molecule has 13 heteroatoms. The quantitative estimate of drug-likeness (QED) is 0.258. The van der Waals surface area contributed by atoms with Crippen LogP contribution in [0.25, 0.3) is 11.0 Å². The van der Waals surface area contributed by atoms with Gasteiger partial charge in [0, 0.05) is 12.7 Å². The Kier molecular flexibility index (Phi) is 8.42. The van der Waals surface area contributed by atoms with Crippen molar-refractivity contribution in [1.29, 1.82) is 5.26 Å². The number of pyridine rings is 2.